The lowest BCUT2D eigenvalue weighted by Crippen LogP contribution is -2.63. The highest BCUT2D eigenvalue weighted by Crippen LogP contribution is 2.29. The molecule has 17 heavy (non-hydrogen) atoms. The molecule has 5 heteroatoms. The molecule has 0 unspecified atom stereocenters. The van der Waals surface area contributed by atoms with Crippen LogP contribution in [0, 0.1) is 5.92 Å². The van der Waals surface area contributed by atoms with Crippen LogP contribution in [0.25, 0.3) is 0 Å². The molecule has 2 rings (SSSR count). The summed E-state index contributed by atoms with van der Waals surface area (Å²) in [6, 6.07) is 0. The van der Waals surface area contributed by atoms with Crippen LogP contribution in [0.3, 0.4) is 0 Å². The van der Waals surface area contributed by atoms with Crippen LogP contribution in [0.15, 0.2) is 4.52 Å². The van der Waals surface area contributed by atoms with E-state index < -0.39 is 5.60 Å². The van der Waals surface area contributed by atoms with Gasteiger partial charge in [-0.3, -0.25) is 4.90 Å². The fraction of sp³-hybridized carbons (Fsp3) is 0.833. The Balaban J connectivity index is 1.83. The molecule has 0 atom stereocenters. The fourth-order valence-corrected chi connectivity index (χ4v) is 2.07. The smallest absolute Gasteiger partial charge is 0.226 e. The maximum Gasteiger partial charge on any atom is 0.226 e. The van der Waals surface area contributed by atoms with E-state index in [2.05, 4.69) is 22.0 Å². The van der Waals surface area contributed by atoms with Crippen LogP contribution in [0.4, 0.5) is 0 Å². The Hall–Kier alpha value is -0.940. The van der Waals surface area contributed by atoms with Gasteiger partial charge in [0.25, 0.3) is 0 Å². The largest absolute Gasteiger partial charge is 0.387 e. The van der Waals surface area contributed by atoms with Gasteiger partial charge in [-0.15, -0.1) is 0 Å². The molecular formula is C12H21N3O2. The molecule has 0 bridgehead atoms. The number of nitrogens with zero attached hydrogens (tertiary/aromatic N) is 3. The SMILES string of the molecule is CCCc1nc(CN2CC(O)(C(C)C)C2)no1. The number of aromatic nitrogens is 2. The molecule has 1 aromatic heterocycles. The Morgan fingerprint density at radius 2 is 2.18 bits per heavy atom. The van der Waals surface area contributed by atoms with Crippen molar-refractivity contribution in [3.63, 3.8) is 0 Å². The number of likely N-dealkylation sites (tertiary alicyclic amines) is 1. The average Bonchev–Trinajstić information content (AvgIpc) is 2.63. The van der Waals surface area contributed by atoms with Crippen molar-refractivity contribution in [1.29, 1.82) is 0 Å². The van der Waals surface area contributed by atoms with E-state index in [4.69, 9.17) is 4.52 Å². The zero-order valence-corrected chi connectivity index (χ0v) is 10.8. The number of aryl methyl sites for hydroxylation is 1. The van der Waals surface area contributed by atoms with Crippen LogP contribution in [0.1, 0.15) is 38.9 Å². The average molecular weight is 239 g/mol. The standard InChI is InChI=1S/C12H21N3O2/c1-4-5-11-13-10(14-17-11)6-15-7-12(16,8-15)9(2)3/h9,16H,4-8H2,1-3H3. The van der Waals surface area contributed by atoms with E-state index in [1.54, 1.807) is 0 Å². The van der Waals surface area contributed by atoms with Gasteiger partial charge in [-0.25, -0.2) is 0 Å². The third-order valence-corrected chi connectivity index (χ3v) is 3.41. The molecule has 1 aromatic rings. The first kappa shape index (κ1) is 12.5. The molecule has 2 heterocycles. The van der Waals surface area contributed by atoms with Crippen LogP contribution in [-0.2, 0) is 13.0 Å². The minimum Gasteiger partial charge on any atom is -0.387 e. The maximum atomic E-state index is 10.1. The highest BCUT2D eigenvalue weighted by Gasteiger charge is 2.43. The van der Waals surface area contributed by atoms with Gasteiger partial charge in [0.05, 0.1) is 12.1 Å². The van der Waals surface area contributed by atoms with E-state index in [-0.39, 0.29) is 0 Å². The van der Waals surface area contributed by atoms with Crippen molar-refractivity contribution in [1.82, 2.24) is 15.0 Å². The third-order valence-electron chi connectivity index (χ3n) is 3.41. The van der Waals surface area contributed by atoms with Crippen LogP contribution in [0.2, 0.25) is 0 Å². The third kappa shape index (κ3) is 2.66. The van der Waals surface area contributed by atoms with Gasteiger partial charge in [0.15, 0.2) is 5.82 Å². The van der Waals surface area contributed by atoms with Crippen LogP contribution >= 0.6 is 0 Å². The molecule has 0 amide bonds. The van der Waals surface area contributed by atoms with Crippen LogP contribution < -0.4 is 0 Å². The second-order valence-corrected chi connectivity index (χ2v) is 5.26. The van der Waals surface area contributed by atoms with E-state index in [9.17, 15) is 5.11 Å². The Morgan fingerprint density at radius 3 is 2.76 bits per heavy atom. The van der Waals surface area contributed by atoms with Gasteiger partial charge in [0.2, 0.25) is 5.89 Å². The fourth-order valence-electron chi connectivity index (χ4n) is 2.07. The predicted molar refractivity (Wildman–Crippen MR) is 63.4 cm³/mol. The number of hydrogen-bond acceptors (Lipinski definition) is 5. The molecule has 0 radical (unpaired) electrons. The van der Waals surface area contributed by atoms with Gasteiger partial charge in [-0.2, -0.15) is 4.98 Å². The van der Waals surface area contributed by atoms with E-state index in [1.807, 2.05) is 13.8 Å². The van der Waals surface area contributed by atoms with Crippen molar-refractivity contribution in [2.24, 2.45) is 5.92 Å². The van der Waals surface area contributed by atoms with Crippen molar-refractivity contribution >= 4 is 0 Å². The van der Waals surface area contributed by atoms with Gasteiger partial charge in [-0.05, 0) is 12.3 Å². The molecule has 1 saturated heterocycles. The lowest BCUT2D eigenvalue weighted by Gasteiger charge is -2.48. The summed E-state index contributed by atoms with van der Waals surface area (Å²) < 4.78 is 5.12. The Morgan fingerprint density at radius 1 is 1.47 bits per heavy atom. The second-order valence-electron chi connectivity index (χ2n) is 5.26. The first-order valence-electron chi connectivity index (χ1n) is 6.29. The summed E-state index contributed by atoms with van der Waals surface area (Å²) in [5, 5.41) is 14.1. The zero-order valence-electron chi connectivity index (χ0n) is 10.8. The Kier molecular flexibility index (Phi) is 3.49. The van der Waals surface area contributed by atoms with Gasteiger partial charge in [0.1, 0.15) is 0 Å². The minimum atomic E-state index is -0.532. The summed E-state index contributed by atoms with van der Waals surface area (Å²) in [6.07, 6.45) is 1.85. The summed E-state index contributed by atoms with van der Waals surface area (Å²) in [5.74, 6) is 1.72. The van der Waals surface area contributed by atoms with E-state index in [1.165, 1.54) is 0 Å². The van der Waals surface area contributed by atoms with Crippen molar-refractivity contribution in [3.8, 4) is 0 Å². The first-order valence-corrected chi connectivity index (χ1v) is 6.29. The molecule has 5 nitrogen and oxygen atoms in total. The zero-order chi connectivity index (χ0) is 12.5. The first-order chi connectivity index (χ1) is 8.03. The Labute approximate surface area is 102 Å². The van der Waals surface area contributed by atoms with E-state index >= 15 is 0 Å². The number of hydrogen-bond donors (Lipinski definition) is 1. The summed E-state index contributed by atoms with van der Waals surface area (Å²) in [6.45, 7) is 8.24. The molecule has 0 aromatic carbocycles. The number of rotatable bonds is 5. The monoisotopic (exact) mass is 239 g/mol. The highest BCUT2D eigenvalue weighted by molar-refractivity contribution is 4.99. The van der Waals surface area contributed by atoms with E-state index in [0.717, 1.165) is 18.7 Å². The summed E-state index contributed by atoms with van der Waals surface area (Å²) in [5.41, 5.74) is -0.532. The topological polar surface area (TPSA) is 62.4 Å². The molecular weight excluding hydrogens is 218 g/mol. The van der Waals surface area contributed by atoms with Crippen LogP contribution in [0.5, 0.6) is 0 Å². The molecule has 0 spiro atoms. The number of aliphatic hydroxyl groups is 1. The van der Waals surface area contributed by atoms with Gasteiger partial charge >= 0.3 is 0 Å². The van der Waals surface area contributed by atoms with Gasteiger partial charge in [-0.1, -0.05) is 25.9 Å². The van der Waals surface area contributed by atoms with Crippen molar-refractivity contribution in [2.45, 2.75) is 45.8 Å². The van der Waals surface area contributed by atoms with Gasteiger partial charge in [0, 0.05) is 19.5 Å². The lowest BCUT2D eigenvalue weighted by atomic mass is 9.83. The summed E-state index contributed by atoms with van der Waals surface area (Å²) in [4.78, 5) is 6.45. The van der Waals surface area contributed by atoms with E-state index in [0.29, 0.717) is 31.4 Å². The maximum absolute atomic E-state index is 10.1. The summed E-state index contributed by atoms with van der Waals surface area (Å²) >= 11 is 0. The highest BCUT2D eigenvalue weighted by atomic mass is 16.5. The molecule has 0 aliphatic carbocycles. The minimum absolute atomic E-state index is 0.291. The van der Waals surface area contributed by atoms with Crippen molar-refractivity contribution < 1.29 is 9.63 Å². The van der Waals surface area contributed by atoms with Crippen molar-refractivity contribution in [2.75, 3.05) is 13.1 Å². The molecule has 0 saturated carbocycles. The second kappa shape index (κ2) is 4.74. The molecule has 1 N–H and O–H groups in total. The Bertz CT molecular complexity index is 370. The molecule has 1 aliphatic heterocycles. The normalized spacial score (nSPS) is 19.6. The molecule has 96 valence electrons. The molecule has 1 aliphatic rings. The van der Waals surface area contributed by atoms with Crippen molar-refractivity contribution in [3.05, 3.63) is 11.7 Å². The van der Waals surface area contributed by atoms with Gasteiger partial charge < -0.3 is 9.63 Å². The predicted octanol–water partition coefficient (Wildman–Crippen LogP) is 1.22. The molecule has 1 fully saturated rings. The quantitative estimate of drug-likeness (QED) is 0.837. The van der Waals surface area contributed by atoms with Crippen LogP contribution in [-0.4, -0.2) is 38.8 Å². The number of β-amino-alcohol motifs (C(OH)–C–C–N with tert-alkyl or cyclic N) is 1. The lowest BCUT2D eigenvalue weighted by molar-refractivity contribution is -0.131. The summed E-state index contributed by atoms with van der Waals surface area (Å²) in [7, 11) is 0.